The van der Waals surface area contributed by atoms with Gasteiger partial charge in [0.1, 0.15) is 0 Å². The van der Waals surface area contributed by atoms with E-state index in [9.17, 15) is 0 Å². The molecule has 0 saturated carbocycles. The smallest absolute Gasteiger partial charge is 0.0471 e. The molecule has 0 radical (unpaired) electrons. The fourth-order valence-electron chi connectivity index (χ4n) is 1.90. The van der Waals surface area contributed by atoms with Crippen molar-refractivity contribution in [2.45, 2.75) is 46.5 Å². The fraction of sp³-hybridized carbons (Fsp3) is 1.00. The van der Waals surface area contributed by atoms with Crippen LogP contribution >= 0.6 is 11.6 Å². The second-order valence-corrected chi connectivity index (χ2v) is 6.07. The molecule has 1 nitrogen and oxygen atoms in total. The molecule has 1 aliphatic heterocycles. The lowest BCUT2D eigenvalue weighted by Crippen LogP contribution is -2.32. The number of hydrogen-bond donors (Lipinski definition) is 0. The van der Waals surface area contributed by atoms with Crippen molar-refractivity contribution in [3.05, 3.63) is 0 Å². The Labute approximate surface area is 93.2 Å². The summed E-state index contributed by atoms with van der Waals surface area (Å²) in [6.07, 6.45) is 4.81. The molecule has 2 heteroatoms. The van der Waals surface area contributed by atoms with Crippen molar-refractivity contribution >= 4 is 11.6 Å². The predicted octanol–water partition coefficient (Wildman–Crippen LogP) is 3.85. The third kappa shape index (κ3) is 3.78. The zero-order valence-electron chi connectivity index (χ0n) is 9.74. The van der Waals surface area contributed by atoms with Gasteiger partial charge in [-0.2, -0.15) is 0 Å². The molecule has 14 heavy (non-hydrogen) atoms. The monoisotopic (exact) mass is 218 g/mol. The molecule has 0 aromatic heterocycles. The molecule has 0 atom stereocenters. The quantitative estimate of drug-likeness (QED) is 0.654. The fourth-order valence-corrected chi connectivity index (χ4v) is 2.30. The number of rotatable bonds is 3. The van der Waals surface area contributed by atoms with Gasteiger partial charge in [0.05, 0.1) is 0 Å². The molecule has 0 spiro atoms. The zero-order chi connectivity index (χ0) is 10.7. The SMILES string of the molecule is CC(C)(C)CCC1(CCl)CCOCC1. The van der Waals surface area contributed by atoms with Gasteiger partial charge in [0.15, 0.2) is 0 Å². The maximum atomic E-state index is 6.11. The summed E-state index contributed by atoms with van der Waals surface area (Å²) in [6.45, 7) is 8.70. The Hall–Kier alpha value is 0.250. The van der Waals surface area contributed by atoms with Crippen LogP contribution in [0.15, 0.2) is 0 Å². The van der Waals surface area contributed by atoms with E-state index in [1.165, 1.54) is 12.8 Å². The van der Waals surface area contributed by atoms with Crippen LogP contribution in [0.25, 0.3) is 0 Å². The maximum Gasteiger partial charge on any atom is 0.0471 e. The summed E-state index contributed by atoms with van der Waals surface area (Å²) in [5.74, 6) is 0.798. The largest absolute Gasteiger partial charge is 0.381 e. The van der Waals surface area contributed by atoms with Crippen molar-refractivity contribution in [3.63, 3.8) is 0 Å². The number of hydrogen-bond acceptors (Lipinski definition) is 1. The molecule has 0 N–H and O–H groups in total. The Balaban J connectivity index is 2.44. The molecule has 0 aromatic carbocycles. The van der Waals surface area contributed by atoms with Crippen LogP contribution in [0.5, 0.6) is 0 Å². The summed E-state index contributed by atoms with van der Waals surface area (Å²) >= 11 is 6.11. The Bertz CT molecular complexity index is 166. The first-order valence-corrected chi connectivity index (χ1v) is 6.15. The molecule has 0 aromatic rings. The highest BCUT2D eigenvalue weighted by Gasteiger charge is 2.32. The van der Waals surface area contributed by atoms with Crippen LogP contribution < -0.4 is 0 Å². The summed E-state index contributed by atoms with van der Waals surface area (Å²) < 4.78 is 5.40. The third-order valence-electron chi connectivity index (χ3n) is 3.24. The maximum absolute atomic E-state index is 6.11. The highest BCUT2D eigenvalue weighted by atomic mass is 35.5. The highest BCUT2D eigenvalue weighted by molar-refractivity contribution is 6.18. The Morgan fingerprint density at radius 3 is 2.21 bits per heavy atom. The molecule has 1 aliphatic rings. The third-order valence-corrected chi connectivity index (χ3v) is 3.81. The molecule has 0 amide bonds. The van der Waals surface area contributed by atoms with E-state index in [2.05, 4.69) is 20.8 Å². The molecule has 84 valence electrons. The number of ether oxygens (including phenoxy) is 1. The van der Waals surface area contributed by atoms with Crippen LogP contribution in [0.2, 0.25) is 0 Å². The van der Waals surface area contributed by atoms with Gasteiger partial charge in [0, 0.05) is 19.1 Å². The van der Waals surface area contributed by atoms with E-state index in [1.54, 1.807) is 0 Å². The molecular formula is C12H23ClO. The van der Waals surface area contributed by atoms with Gasteiger partial charge in [-0.15, -0.1) is 11.6 Å². The highest BCUT2D eigenvalue weighted by Crippen LogP contribution is 2.39. The van der Waals surface area contributed by atoms with Gasteiger partial charge < -0.3 is 4.74 Å². The van der Waals surface area contributed by atoms with Crippen LogP contribution in [0.1, 0.15) is 46.5 Å². The second-order valence-electron chi connectivity index (χ2n) is 5.81. The van der Waals surface area contributed by atoms with Crippen LogP contribution in [-0.2, 0) is 4.74 Å². The minimum absolute atomic E-state index is 0.368. The predicted molar refractivity (Wildman–Crippen MR) is 61.9 cm³/mol. The Kier molecular flexibility index (Phi) is 4.27. The van der Waals surface area contributed by atoms with E-state index in [-0.39, 0.29) is 0 Å². The lowest BCUT2D eigenvalue weighted by atomic mass is 9.74. The van der Waals surface area contributed by atoms with Crippen molar-refractivity contribution in [3.8, 4) is 0 Å². The van der Waals surface area contributed by atoms with Crippen molar-refractivity contribution < 1.29 is 4.74 Å². The average molecular weight is 219 g/mol. The van der Waals surface area contributed by atoms with E-state index < -0.39 is 0 Å². The lowest BCUT2D eigenvalue weighted by Gasteiger charge is -2.37. The molecule has 1 rings (SSSR count). The molecule has 1 saturated heterocycles. The summed E-state index contributed by atoms with van der Waals surface area (Å²) in [6, 6.07) is 0. The van der Waals surface area contributed by atoms with Gasteiger partial charge in [-0.05, 0) is 36.5 Å². The topological polar surface area (TPSA) is 9.23 Å². The summed E-state index contributed by atoms with van der Waals surface area (Å²) in [7, 11) is 0. The molecule has 1 fully saturated rings. The van der Waals surface area contributed by atoms with Gasteiger partial charge in [-0.3, -0.25) is 0 Å². The van der Waals surface area contributed by atoms with Gasteiger partial charge in [0.2, 0.25) is 0 Å². The zero-order valence-corrected chi connectivity index (χ0v) is 10.5. The Morgan fingerprint density at radius 2 is 1.79 bits per heavy atom. The first-order chi connectivity index (χ1) is 6.47. The molecule has 0 bridgehead atoms. The van der Waals surface area contributed by atoms with E-state index in [1.807, 2.05) is 0 Å². The van der Waals surface area contributed by atoms with Crippen molar-refractivity contribution in [1.29, 1.82) is 0 Å². The lowest BCUT2D eigenvalue weighted by molar-refractivity contribution is 0.0165. The Morgan fingerprint density at radius 1 is 1.21 bits per heavy atom. The number of alkyl halides is 1. The average Bonchev–Trinajstić information content (AvgIpc) is 2.15. The van der Waals surface area contributed by atoms with Crippen LogP contribution in [0.4, 0.5) is 0 Å². The van der Waals surface area contributed by atoms with E-state index in [4.69, 9.17) is 16.3 Å². The van der Waals surface area contributed by atoms with E-state index in [0.29, 0.717) is 10.8 Å². The summed E-state index contributed by atoms with van der Waals surface area (Å²) in [4.78, 5) is 0. The van der Waals surface area contributed by atoms with E-state index >= 15 is 0 Å². The first kappa shape index (κ1) is 12.3. The van der Waals surface area contributed by atoms with Crippen LogP contribution in [0.3, 0.4) is 0 Å². The van der Waals surface area contributed by atoms with E-state index in [0.717, 1.165) is 31.9 Å². The normalized spacial score (nSPS) is 22.3. The minimum Gasteiger partial charge on any atom is -0.381 e. The van der Waals surface area contributed by atoms with Gasteiger partial charge in [-0.25, -0.2) is 0 Å². The van der Waals surface area contributed by atoms with Crippen molar-refractivity contribution in [2.24, 2.45) is 10.8 Å². The summed E-state index contributed by atoms with van der Waals surface area (Å²) in [5, 5.41) is 0. The molecular weight excluding hydrogens is 196 g/mol. The minimum atomic E-state index is 0.368. The van der Waals surface area contributed by atoms with Crippen LogP contribution in [-0.4, -0.2) is 19.1 Å². The molecule has 1 heterocycles. The first-order valence-electron chi connectivity index (χ1n) is 5.61. The van der Waals surface area contributed by atoms with Gasteiger partial charge in [-0.1, -0.05) is 20.8 Å². The van der Waals surface area contributed by atoms with Crippen molar-refractivity contribution in [2.75, 3.05) is 19.1 Å². The molecule has 0 unspecified atom stereocenters. The van der Waals surface area contributed by atoms with Crippen LogP contribution in [0, 0.1) is 10.8 Å². The number of halogens is 1. The standard InChI is InChI=1S/C12H23ClO/c1-11(2,3)4-5-12(10-13)6-8-14-9-7-12/h4-10H2,1-3H3. The van der Waals surface area contributed by atoms with Crippen molar-refractivity contribution in [1.82, 2.24) is 0 Å². The summed E-state index contributed by atoms with van der Waals surface area (Å²) in [5.41, 5.74) is 0.796. The molecule has 0 aliphatic carbocycles. The van der Waals surface area contributed by atoms with Gasteiger partial charge >= 0.3 is 0 Å². The second kappa shape index (κ2) is 4.85. The van der Waals surface area contributed by atoms with Gasteiger partial charge in [0.25, 0.3) is 0 Å².